The summed E-state index contributed by atoms with van der Waals surface area (Å²) in [4.78, 5) is 17.8. The standard InChI is InChI=1S/C20H15Cl3N4O/c1-3-16-24-19-17(26(16)20(28)12-7-5-4-6-8-12)11(2)27(25-19)18-14(22)9-13(21)10-15(18)23/h4-10H,3H2,1-2H3. The highest BCUT2D eigenvalue weighted by Gasteiger charge is 2.24. The summed E-state index contributed by atoms with van der Waals surface area (Å²) in [5.74, 6) is 0.491. The molecular formula is C20H15Cl3N4O. The minimum atomic E-state index is -0.157. The van der Waals surface area contributed by atoms with E-state index in [2.05, 4.69) is 10.1 Å². The summed E-state index contributed by atoms with van der Waals surface area (Å²) >= 11 is 18.8. The Balaban J connectivity index is 1.97. The first kappa shape index (κ1) is 19.0. The van der Waals surface area contributed by atoms with Crippen LogP contribution in [0.2, 0.25) is 15.1 Å². The number of fused-ring (bicyclic) bond motifs is 1. The quantitative estimate of drug-likeness (QED) is 0.414. The van der Waals surface area contributed by atoms with Crippen molar-refractivity contribution in [3.63, 3.8) is 0 Å². The van der Waals surface area contributed by atoms with Crippen molar-refractivity contribution in [1.29, 1.82) is 0 Å². The predicted octanol–water partition coefficient (Wildman–Crippen LogP) is 5.74. The van der Waals surface area contributed by atoms with Crippen LogP contribution in [0.3, 0.4) is 0 Å². The van der Waals surface area contributed by atoms with Crippen LogP contribution in [-0.4, -0.2) is 25.2 Å². The normalized spacial score (nSPS) is 11.3. The van der Waals surface area contributed by atoms with Crippen LogP contribution in [0.15, 0.2) is 42.5 Å². The molecule has 142 valence electrons. The van der Waals surface area contributed by atoms with Gasteiger partial charge in [-0.05, 0) is 31.2 Å². The maximum atomic E-state index is 13.2. The number of carbonyl (C=O) groups is 1. The van der Waals surface area contributed by atoms with E-state index in [0.717, 1.165) is 0 Å². The summed E-state index contributed by atoms with van der Waals surface area (Å²) in [5.41, 5.74) is 2.87. The third-order valence-corrected chi connectivity index (χ3v) is 5.31. The van der Waals surface area contributed by atoms with E-state index in [-0.39, 0.29) is 5.91 Å². The maximum Gasteiger partial charge on any atom is 0.263 e. The number of aryl methyl sites for hydroxylation is 2. The first-order valence-corrected chi connectivity index (χ1v) is 9.77. The summed E-state index contributed by atoms with van der Waals surface area (Å²) < 4.78 is 3.22. The van der Waals surface area contributed by atoms with Gasteiger partial charge >= 0.3 is 0 Å². The largest absolute Gasteiger partial charge is 0.268 e. The van der Waals surface area contributed by atoms with Gasteiger partial charge < -0.3 is 0 Å². The average Bonchev–Trinajstić information content (AvgIpc) is 3.18. The van der Waals surface area contributed by atoms with Crippen molar-refractivity contribution >= 4 is 51.9 Å². The molecule has 0 radical (unpaired) electrons. The van der Waals surface area contributed by atoms with Gasteiger partial charge in [-0.2, -0.15) is 0 Å². The van der Waals surface area contributed by atoms with Crippen LogP contribution in [0.5, 0.6) is 0 Å². The van der Waals surface area contributed by atoms with Crippen LogP contribution in [-0.2, 0) is 6.42 Å². The van der Waals surface area contributed by atoms with Crippen molar-refractivity contribution in [3.05, 3.63) is 74.6 Å². The molecule has 0 atom stereocenters. The minimum absolute atomic E-state index is 0.157. The lowest BCUT2D eigenvalue weighted by molar-refractivity contribution is 0.0961. The van der Waals surface area contributed by atoms with Crippen LogP contribution in [0, 0.1) is 6.92 Å². The van der Waals surface area contributed by atoms with Gasteiger partial charge in [-0.25, -0.2) is 9.67 Å². The van der Waals surface area contributed by atoms with Gasteiger partial charge in [-0.15, -0.1) is 5.10 Å². The van der Waals surface area contributed by atoms with E-state index in [9.17, 15) is 4.79 Å². The number of aromatic nitrogens is 4. The van der Waals surface area contributed by atoms with Gasteiger partial charge in [0.15, 0.2) is 0 Å². The molecule has 0 aliphatic rings. The van der Waals surface area contributed by atoms with E-state index in [1.807, 2.05) is 32.0 Å². The van der Waals surface area contributed by atoms with Crippen molar-refractivity contribution < 1.29 is 4.79 Å². The lowest BCUT2D eigenvalue weighted by Crippen LogP contribution is -2.16. The summed E-state index contributed by atoms with van der Waals surface area (Å²) in [7, 11) is 0. The molecule has 8 heteroatoms. The van der Waals surface area contributed by atoms with Gasteiger partial charge in [-0.3, -0.25) is 9.36 Å². The Morgan fingerprint density at radius 2 is 1.71 bits per heavy atom. The molecule has 0 amide bonds. The second-order valence-corrected chi connectivity index (χ2v) is 7.53. The first-order valence-electron chi connectivity index (χ1n) is 8.64. The Bertz CT molecular complexity index is 1190. The molecule has 0 spiro atoms. The van der Waals surface area contributed by atoms with Crippen molar-refractivity contribution in [2.75, 3.05) is 0 Å². The van der Waals surface area contributed by atoms with E-state index in [4.69, 9.17) is 34.8 Å². The van der Waals surface area contributed by atoms with Crippen LogP contribution in [0.25, 0.3) is 16.9 Å². The SMILES string of the molecule is CCc1nc2nn(-c3c(Cl)cc(Cl)cc3Cl)c(C)c2n1C(=O)c1ccccc1. The molecule has 28 heavy (non-hydrogen) atoms. The van der Waals surface area contributed by atoms with Crippen molar-refractivity contribution in [2.24, 2.45) is 0 Å². The Morgan fingerprint density at radius 3 is 2.32 bits per heavy atom. The van der Waals surface area contributed by atoms with Gasteiger partial charge in [-0.1, -0.05) is 59.9 Å². The second kappa shape index (κ2) is 7.24. The topological polar surface area (TPSA) is 52.7 Å². The number of halogens is 3. The first-order chi connectivity index (χ1) is 13.4. The van der Waals surface area contributed by atoms with E-state index in [1.165, 1.54) is 0 Å². The zero-order valence-electron chi connectivity index (χ0n) is 15.1. The molecule has 0 fully saturated rings. The van der Waals surface area contributed by atoms with Crippen LogP contribution in [0.4, 0.5) is 0 Å². The maximum absolute atomic E-state index is 13.2. The number of rotatable bonds is 3. The smallest absolute Gasteiger partial charge is 0.263 e. The molecule has 0 aliphatic heterocycles. The third-order valence-electron chi connectivity index (χ3n) is 4.52. The summed E-state index contributed by atoms with van der Waals surface area (Å²) in [6.45, 7) is 3.80. The molecular weight excluding hydrogens is 419 g/mol. The lowest BCUT2D eigenvalue weighted by Gasteiger charge is -2.11. The lowest BCUT2D eigenvalue weighted by atomic mass is 10.2. The Morgan fingerprint density at radius 1 is 1.07 bits per heavy atom. The van der Waals surface area contributed by atoms with Gasteiger partial charge in [0.1, 0.15) is 17.0 Å². The molecule has 2 heterocycles. The number of carbonyl (C=O) groups excluding carboxylic acids is 1. The molecule has 0 saturated heterocycles. The van der Waals surface area contributed by atoms with E-state index < -0.39 is 0 Å². The fraction of sp³-hybridized carbons (Fsp3) is 0.150. The monoisotopic (exact) mass is 432 g/mol. The molecule has 0 N–H and O–H groups in total. The number of imidazole rings is 1. The van der Waals surface area contributed by atoms with Crippen LogP contribution < -0.4 is 0 Å². The van der Waals surface area contributed by atoms with Crippen molar-refractivity contribution in [3.8, 4) is 5.69 Å². The molecule has 4 aromatic rings. The van der Waals surface area contributed by atoms with Gasteiger partial charge in [0, 0.05) is 17.0 Å². The van der Waals surface area contributed by atoms with E-state index in [0.29, 0.717) is 55.4 Å². The predicted molar refractivity (Wildman–Crippen MR) is 112 cm³/mol. The van der Waals surface area contributed by atoms with Gasteiger partial charge in [0.2, 0.25) is 5.65 Å². The number of hydrogen-bond acceptors (Lipinski definition) is 3. The molecule has 5 nitrogen and oxygen atoms in total. The highest BCUT2D eigenvalue weighted by molar-refractivity contribution is 6.40. The Hall–Kier alpha value is -2.34. The molecule has 4 rings (SSSR count). The van der Waals surface area contributed by atoms with Crippen LogP contribution >= 0.6 is 34.8 Å². The third kappa shape index (κ3) is 3.00. The average molecular weight is 434 g/mol. The van der Waals surface area contributed by atoms with E-state index >= 15 is 0 Å². The van der Waals surface area contributed by atoms with Gasteiger partial charge in [0.05, 0.1) is 15.7 Å². The second-order valence-electron chi connectivity index (χ2n) is 6.28. The number of benzene rings is 2. The fourth-order valence-electron chi connectivity index (χ4n) is 3.24. The van der Waals surface area contributed by atoms with Crippen molar-refractivity contribution in [2.45, 2.75) is 20.3 Å². The summed E-state index contributed by atoms with van der Waals surface area (Å²) in [6, 6.07) is 12.3. The molecule has 0 aliphatic carbocycles. The zero-order chi connectivity index (χ0) is 20.0. The zero-order valence-corrected chi connectivity index (χ0v) is 17.3. The number of hydrogen-bond donors (Lipinski definition) is 0. The Kier molecular flexibility index (Phi) is 4.91. The van der Waals surface area contributed by atoms with Crippen molar-refractivity contribution in [1.82, 2.24) is 19.3 Å². The molecule has 0 saturated carbocycles. The summed E-state index contributed by atoms with van der Waals surface area (Å²) in [5, 5.41) is 5.72. The van der Waals surface area contributed by atoms with E-state index in [1.54, 1.807) is 33.5 Å². The number of nitrogens with zero attached hydrogens (tertiary/aromatic N) is 4. The van der Waals surface area contributed by atoms with Gasteiger partial charge in [0.25, 0.3) is 5.91 Å². The fourth-order valence-corrected chi connectivity index (χ4v) is 4.22. The molecule has 0 unspecified atom stereocenters. The van der Waals surface area contributed by atoms with Crippen LogP contribution in [0.1, 0.15) is 28.8 Å². The molecule has 0 bridgehead atoms. The highest BCUT2D eigenvalue weighted by atomic mass is 35.5. The molecule has 2 aromatic heterocycles. The summed E-state index contributed by atoms with van der Waals surface area (Å²) in [6.07, 6.45) is 0.594. The highest BCUT2D eigenvalue weighted by Crippen LogP contribution is 2.34. The molecule has 2 aromatic carbocycles. The Labute approximate surface area is 176 Å². The minimum Gasteiger partial charge on any atom is -0.268 e.